The zero-order chi connectivity index (χ0) is 14.7. The van der Waals surface area contributed by atoms with Gasteiger partial charge in [0.2, 0.25) is 0 Å². The first kappa shape index (κ1) is 13.8. The van der Waals surface area contributed by atoms with Crippen molar-refractivity contribution in [3.8, 4) is 0 Å². The van der Waals surface area contributed by atoms with Crippen molar-refractivity contribution in [3.63, 3.8) is 0 Å². The Hall–Kier alpha value is -2.15. The van der Waals surface area contributed by atoms with E-state index in [4.69, 9.17) is 4.98 Å². The first-order valence-corrected chi connectivity index (χ1v) is 7.64. The lowest BCUT2D eigenvalue weighted by atomic mass is 9.97. The van der Waals surface area contributed by atoms with Crippen LogP contribution in [0.2, 0.25) is 0 Å². The van der Waals surface area contributed by atoms with E-state index in [-0.39, 0.29) is 0 Å². The van der Waals surface area contributed by atoms with Gasteiger partial charge in [-0.1, -0.05) is 62.4 Å². The van der Waals surface area contributed by atoms with Gasteiger partial charge in [-0.3, -0.25) is 4.98 Å². The lowest BCUT2D eigenvalue weighted by Gasteiger charge is -2.13. The number of aromatic nitrogens is 1. The van der Waals surface area contributed by atoms with Gasteiger partial charge in [0, 0.05) is 11.1 Å². The average molecular weight is 275 g/mol. The zero-order valence-corrected chi connectivity index (χ0v) is 12.7. The quantitative estimate of drug-likeness (QED) is 0.651. The Kier molecular flexibility index (Phi) is 4.01. The molecule has 0 aliphatic carbocycles. The highest BCUT2D eigenvalue weighted by Crippen LogP contribution is 2.21. The molecule has 0 amide bonds. The molecule has 3 rings (SSSR count). The molecular weight excluding hydrogens is 254 g/mol. The third-order valence-electron chi connectivity index (χ3n) is 3.73. The fraction of sp³-hybridized carbons (Fsp3) is 0.250. The number of benzene rings is 2. The van der Waals surface area contributed by atoms with E-state index in [1.807, 2.05) is 0 Å². The van der Waals surface area contributed by atoms with Crippen molar-refractivity contribution in [1.29, 1.82) is 0 Å². The second-order valence-electron chi connectivity index (χ2n) is 6.05. The van der Waals surface area contributed by atoms with Gasteiger partial charge in [-0.2, -0.15) is 0 Å². The summed E-state index contributed by atoms with van der Waals surface area (Å²) in [6.45, 7) is 4.51. The minimum absolute atomic E-state index is 0.619. The lowest BCUT2D eigenvalue weighted by Crippen LogP contribution is -2.04. The molecule has 0 saturated heterocycles. The number of para-hydroxylation sites is 1. The van der Waals surface area contributed by atoms with Gasteiger partial charge < -0.3 is 0 Å². The smallest absolute Gasteiger partial charge is 0.0705 e. The van der Waals surface area contributed by atoms with Crippen molar-refractivity contribution in [2.75, 3.05) is 0 Å². The SMILES string of the molecule is CC(C)Cc1nc2ccccc2cc1Cc1ccccc1. The molecule has 3 aromatic rings. The van der Waals surface area contributed by atoms with Crippen molar-refractivity contribution in [1.82, 2.24) is 4.98 Å². The van der Waals surface area contributed by atoms with Crippen LogP contribution >= 0.6 is 0 Å². The van der Waals surface area contributed by atoms with Crippen LogP contribution in [0.25, 0.3) is 10.9 Å². The first-order valence-electron chi connectivity index (χ1n) is 7.64. The molecule has 1 nitrogen and oxygen atoms in total. The molecule has 1 heteroatoms. The molecule has 0 spiro atoms. The molecule has 0 atom stereocenters. The fourth-order valence-electron chi connectivity index (χ4n) is 2.73. The van der Waals surface area contributed by atoms with E-state index in [1.165, 1.54) is 22.2 Å². The maximum absolute atomic E-state index is 4.91. The Balaban J connectivity index is 2.05. The summed E-state index contributed by atoms with van der Waals surface area (Å²) in [5.41, 5.74) is 5.05. The van der Waals surface area contributed by atoms with E-state index in [0.29, 0.717) is 5.92 Å². The lowest BCUT2D eigenvalue weighted by molar-refractivity contribution is 0.633. The van der Waals surface area contributed by atoms with Gasteiger partial charge in [0.15, 0.2) is 0 Å². The Bertz CT molecular complexity index is 729. The third kappa shape index (κ3) is 3.30. The second kappa shape index (κ2) is 6.09. The summed E-state index contributed by atoms with van der Waals surface area (Å²) in [5.74, 6) is 0.619. The Morgan fingerprint density at radius 3 is 2.38 bits per heavy atom. The zero-order valence-electron chi connectivity index (χ0n) is 12.7. The molecule has 1 heterocycles. The van der Waals surface area contributed by atoms with Crippen LogP contribution in [-0.2, 0) is 12.8 Å². The van der Waals surface area contributed by atoms with E-state index < -0.39 is 0 Å². The Labute approximate surface area is 126 Å². The minimum atomic E-state index is 0.619. The first-order chi connectivity index (χ1) is 10.2. The summed E-state index contributed by atoms with van der Waals surface area (Å²) in [6, 6.07) is 21.4. The average Bonchev–Trinajstić information content (AvgIpc) is 2.48. The van der Waals surface area contributed by atoms with Crippen molar-refractivity contribution < 1.29 is 0 Å². The molecule has 0 fully saturated rings. The van der Waals surface area contributed by atoms with Crippen LogP contribution in [0.4, 0.5) is 0 Å². The number of nitrogens with zero attached hydrogens (tertiary/aromatic N) is 1. The highest BCUT2D eigenvalue weighted by molar-refractivity contribution is 5.79. The molecule has 0 aliphatic heterocycles. The van der Waals surface area contributed by atoms with Gasteiger partial charge in [0.25, 0.3) is 0 Å². The highest BCUT2D eigenvalue weighted by Gasteiger charge is 2.09. The number of hydrogen-bond acceptors (Lipinski definition) is 1. The van der Waals surface area contributed by atoms with Crippen LogP contribution in [-0.4, -0.2) is 4.98 Å². The fourth-order valence-corrected chi connectivity index (χ4v) is 2.73. The maximum Gasteiger partial charge on any atom is 0.0705 e. The summed E-state index contributed by atoms with van der Waals surface area (Å²) in [7, 11) is 0. The molecule has 2 aromatic carbocycles. The third-order valence-corrected chi connectivity index (χ3v) is 3.73. The minimum Gasteiger partial charge on any atom is -0.253 e. The van der Waals surface area contributed by atoms with E-state index in [9.17, 15) is 0 Å². The van der Waals surface area contributed by atoms with Crippen LogP contribution in [0.5, 0.6) is 0 Å². The van der Waals surface area contributed by atoms with Crippen LogP contribution in [0, 0.1) is 5.92 Å². The predicted molar refractivity (Wildman–Crippen MR) is 89.5 cm³/mol. The molecule has 0 bridgehead atoms. The van der Waals surface area contributed by atoms with Gasteiger partial charge in [0.05, 0.1) is 5.52 Å². The Morgan fingerprint density at radius 2 is 1.62 bits per heavy atom. The molecule has 0 unspecified atom stereocenters. The number of rotatable bonds is 4. The molecule has 0 aliphatic rings. The summed E-state index contributed by atoms with van der Waals surface area (Å²) in [6.07, 6.45) is 1.99. The van der Waals surface area contributed by atoms with E-state index in [1.54, 1.807) is 0 Å². The molecule has 106 valence electrons. The van der Waals surface area contributed by atoms with Gasteiger partial charge in [-0.25, -0.2) is 0 Å². The van der Waals surface area contributed by atoms with Crippen LogP contribution in [0.15, 0.2) is 60.7 Å². The summed E-state index contributed by atoms with van der Waals surface area (Å²) in [5, 5.41) is 1.23. The second-order valence-corrected chi connectivity index (χ2v) is 6.05. The molecule has 0 saturated carbocycles. The number of fused-ring (bicyclic) bond motifs is 1. The topological polar surface area (TPSA) is 12.9 Å². The van der Waals surface area contributed by atoms with E-state index in [0.717, 1.165) is 18.4 Å². The molecular formula is C20H21N. The predicted octanol–water partition coefficient (Wildman–Crippen LogP) is 5.02. The van der Waals surface area contributed by atoms with Crippen LogP contribution < -0.4 is 0 Å². The number of pyridine rings is 1. The van der Waals surface area contributed by atoms with Crippen molar-refractivity contribution in [2.45, 2.75) is 26.7 Å². The monoisotopic (exact) mass is 275 g/mol. The normalized spacial score (nSPS) is 11.2. The Morgan fingerprint density at radius 1 is 0.905 bits per heavy atom. The van der Waals surface area contributed by atoms with Crippen LogP contribution in [0.1, 0.15) is 30.7 Å². The largest absolute Gasteiger partial charge is 0.253 e. The number of hydrogen-bond donors (Lipinski definition) is 0. The van der Waals surface area contributed by atoms with Crippen LogP contribution in [0.3, 0.4) is 0 Å². The van der Waals surface area contributed by atoms with Gasteiger partial charge in [-0.15, -0.1) is 0 Å². The highest BCUT2D eigenvalue weighted by atomic mass is 14.7. The summed E-state index contributed by atoms with van der Waals surface area (Å²) >= 11 is 0. The van der Waals surface area contributed by atoms with E-state index in [2.05, 4.69) is 74.5 Å². The maximum atomic E-state index is 4.91. The van der Waals surface area contributed by atoms with Crippen molar-refractivity contribution in [2.24, 2.45) is 5.92 Å². The summed E-state index contributed by atoms with van der Waals surface area (Å²) in [4.78, 5) is 4.91. The van der Waals surface area contributed by atoms with E-state index >= 15 is 0 Å². The van der Waals surface area contributed by atoms with Gasteiger partial charge in [-0.05, 0) is 42.0 Å². The van der Waals surface area contributed by atoms with Crippen molar-refractivity contribution >= 4 is 10.9 Å². The molecule has 0 N–H and O–H groups in total. The summed E-state index contributed by atoms with van der Waals surface area (Å²) < 4.78 is 0. The van der Waals surface area contributed by atoms with Gasteiger partial charge in [0.1, 0.15) is 0 Å². The molecule has 21 heavy (non-hydrogen) atoms. The standard InChI is InChI=1S/C20H21N/c1-15(2)12-20-18(13-16-8-4-3-5-9-16)14-17-10-6-7-11-19(17)21-20/h3-11,14-15H,12-13H2,1-2H3. The van der Waals surface area contributed by atoms with Gasteiger partial charge >= 0.3 is 0 Å². The molecule has 1 aromatic heterocycles. The van der Waals surface area contributed by atoms with Crippen molar-refractivity contribution in [3.05, 3.63) is 77.5 Å². The molecule has 0 radical (unpaired) electrons.